The summed E-state index contributed by atoms with van der Waals surface area (Å²) in [5, 5.41) is 2.79. The van der Waals surface area contributed by atoms with E-state index in [-0.39, 0.29) is 5.91 Å². The number of amides is 1. The zero-order chi connectivity index (χ0) is 12.1. The fourth-order valence-electron chi connectivity index (χ4n) is 1.37. The molecule has 88 valence electrons. The highest BCUT2D eigenvalue weighted by Gasteiger charge is 2.10. The average Bonchev–Trinajstić information content (AvgIpc) is 2.28. The number of carbonyl (C=O) groups is 1. The van der Waals surface area contributed by atoms with Gasteiger partial charge in [-0.1, -0.05) is 32.9 Å². The van der Waals surface area contributed by atoms with E-state index in [1.165, 1.54) is 5.56 Å². The van der Waals surface area contributed by atoms with Gasteiger partial charge in [0, 0.05) is 5.69 Å². The van der Waals surface area contributed by atoms with Crippen molar-refractivity contribution in [1.29, 1.82) is 0 Å². The Morgan fingerprint density at radius 2 is 1.88 bits per heavy atom. The van der Waals surface area contributed by atoms with Gasteiger partial charge in [0.25, 0.3) is 0 Å². The van der Waals surface area contributed by atoms with Crippen LogP contribution < -0.4 is 11.1 Å². The van der Waals surface area contributed by atoms with Crippen molar-refractivity contribution >= 4 is 11.6 Å². The van der Waals surface area contributed by atoms with Crippen LogP contribution in [0.15, 0.2) is 24.3 Å². The van der Waals surface area contributed by atoms with Crippen LogP contribution in [0.3, 0.4) is 0 Å². The zero-order valence-corrected chi connectivity index (χ0v) is 10.2. The molecule has 1 aromatic rings. The van der Waals surface area contributed by atoms with E-state index in [1.807, 2.05) is 31.2 Å². The van der Waals surface area contributed by atoms with Gasteiger partial charge in [0.2, 0.25) is 5.91 Å². The summed E-state index contributed by atoms with van der Waals surface area (Å²) in [7, 11) is 0. The Kier molecular flexibility index (Phi) is 4.50. The predicted octanol–water partition coefficient (Wildman–Crippen LogP) is 2.49. The second kappa shape index (κ2) is 5.66. The molecule has 1 aromatic carbocycles. The summed E-state index contributed by atoms with van der Waals surface area (Å²) in [6.45, 7) is 6.17. The fraction of sp³-hybridized carbons (Fsp3) is 0.462. The number of carbonyl (C=O) groups excluding carboxylic acids is 1. The van der Waals surface area contributed by atoms with E-state index in [2.05, 4.69) is 19.2 Å². The lowest BCUT2D eigenvalue weighted by atomic mass is 10.0. The van der Waals surface area contributed by atoms with Gasteiger partial charge in [0.1, 0.15) is 0 Å². The Bertz CT molecular complexity index is 343. The molecule has 0 spiro atoms. The van der Waals surface area contributed by atoms with E-state index in [9.17, 15) is 4.79 Å². The first kappa shape index (κ1) is 12.7. The third-order valence-electron chi connectivity index (χ3n) is 2.62. The summed E-state index contributed by atoms with van der Waals surface area (Å²) < 4.78 is 0. The van der Waals surface area contributed by atoms with Crippen LogP contribution in [0.4, 0.5) is 5.69 Å². The molecule has 3 heteroatoms. The molecule has 1 rings (SSSR count). The molecule has 0 unspecified atom stereocenters. The average molecular weight is 220 g/mol. The summed E-state index contributed by atoms with van der Waals surface area (Å²) in [6.07, 6.45) is 0.649. The third-order valence-corrected chi connectivity index (χ3v) is 2.62. The molecule has 3 nitrogen and oxygen atoms in total. The molecule has 1 atom stereocenters. The highest BCUT2D eigenvalue weighted by molar-refractivity contribution is 5.94. The number of anilines is 1. The van der Waals surface area contributed by atoms with Crippen molar-refractivity contribution in [3.8, 4) is 0 Å². The summed E-state index contributed by atoms with van der Waals surface area (Å²) in [5.74, 6) is 0.377. The second-order valence-electron chi connectivity index (χ2n) is 4.28. The van der Waals surface area contributed by atoms with Crippen LogP contribution in [-0.2, 0) is 4.79 Å². The van der Waals surface area contributed by atoms with Gasteiger partial charge in [0.05, 0.1) is 6.04 Å². The van der Waals surface area contributed by atoms with Crippen LogP contribution in [-0.4, -0.2) is 11.9 Å². The number of hydrogen-bond acceptors (Lipinski definition) is 2. The first-order valence-electron chi connectivity index (χ1n) is 5.71. The predicted molar refractivity (Wildman–Crippen MR) is 67.4 cm³/mol. The van der Waals surface area contributed by atoms with Gasteiger partial charge < -0.3 is 11.1 Å². The molecule has 0 aliphatic carbocycles. The molecule has 0 aromatic heterocycles. The Hall–Kier alpha value is -1.35. The van der Waals surface area contributed by atoms with Crippen molar-refractivity contribution in [3.63, 3.8) is 0 Å². The van der Waals surface area contributed by atoms with Crippen LogP contribution in [0, 0.1) is 0 Å². The normalized spacial score (nSPS) is 12.6. The number of benzene rings is 1. The summed E-state index contributed by atoms with van der Waals surface area (Å²) in [5.41, 5.74) is 7.70. The molecular formula is C13H20N2O. The molecule has 0 aliphatic heterocycles. The quantitative estimate of drug-likeness (QED) is 0.819. The van der Waals surface area contributed by atoms with Crippen molar-refractivity contribution in [2.75, 3.05) is 5.32 Å². The Labute approximate surface area is 97.0 Å². The fourth-order valence-corrected chi connectivity index (χ4v) is 1.37. The smallest absolute Gasteiger partial charge is 0.241 e. The van der Waals surface area contributed by atoms with Gasteiger partial charge in [-0.25, -0.2) is 0 Å². The topological polar surface area (TPSA) is 55.1 Å². The zero-order valence-electron chi connectivity index (χ0n) is 10.2. The van der Waals surface area contributed by atoms with E-state index in [1.54, 1.807) is 0 Å². The van der Waals surface area contributed by atoms with Gasteiger partial charge in [-0.15, -0.1) is 0 Å². The van der Waals surface area contributed by atoms with Gasteiger partial charge in [0.15, 0.2) is 0 Å². The Balaban J connectivity index is 2.65. The number of nitrogens with two attached hydrogens (primary N) is 1. The highest BCUT2D eigenvalue weighted by Crippen LogP contribution is 2.17. The first-order valence-corrected chi connectivity index (χ1v) is 5.71. The second-order valence-corrected chi connectivity index (χ2v) is 4.28. The molecule has 0 fully saturated rings. The maximum Gasteiger partial charge on any atom is 0.241 e. The summed E-state index contributed by atoms with van der Waals surface area (Å²) in [4.78, 5) is 11.5. The number of rotatable bonds is 4. The number of nitrogens with one attached hydrogen (secondary N) is 1. The maximum atomic E-state index is 11.5. The van der Waals surface area contributed by atoms with E-state index < -0.39 is 6.04 Å². The largest absolute Gasteiger partial charge is 0.325 e. The van der Waals surface area contributed by atoms with Crippen molar-refractivity contribution < 1.29 is 4.79 Å². The van der Waals surface area contributed by atoms with E-state index >= 15 is 0 Å². The van der Waals surface area contributed by atoms with Crippen LogP contribution >= 0.6 is 0 Å². The van der Waals surface area contributed by atoms with Crippen molar-refractivity contribution in [2.24, 2.45) is 5.73 Å². The van der Waals surface area contributed by atoms with Crippen LogP contribution in [0.1, 0.15) is 38.7 Å². The lowest BCUT2D eigenvalue weighted by molar-refractivity contribution is -0.117. The minimum atomic E-state index is -0.426. The minimum absolute atomic E-state index is 0.125. The van der Waals surface area contributed by atoms with E-state index in [4.69, 9.17) is 5.73 Å². The molecule has 0 heterocycles. The lowest BCUT2D eigenvalue weighted by Crippen LogP contribution is -2.34. The van der Waals surface area contributed by atoms with Crippen molar-refractivity contribution in [1.82, 2.24) is 0 Å². The van der Waals surface area contributed by atoms with Crippen molar-refractivity contribution in [3.05, 3.63) is 29.8 Å². The van der Waals surface area contributed by atoms with Crippen LogP contribution in [0.5, 0.6) is 0 Å². The molecular weight excluding hydrogens is 200 g/mol. The standard InChI is InChI=1S/C13H20N2O/c1-4-12(14)13(16)15-11-7-5-10(6-8-11)9(2)3/h5-9,12H,4,14H2,1-3H3,(H,15,16)/t12-/m1/s1. The Morgan fingerprint density at radius 1 is 1.31 bits per heavy atom. The lowest BCUT2D eigenvalue weighted by Gasteiger charge is -2.11. The Morgan fingerprint density at radius 3 is 2.31 bits per heavy atom. The maximum absolute atomic E-state index is 11.5. The summed E-state index contributed by atoms with van der Waals surface area (Å²) in [6, 6.07) is 7.45. The number of hydrogen-bond donors (Lipinski definition) is 2. The molecule has 3 N–H and O–H groups in total. The van der Waals surface area contributed by atoms with Gasteiger partial charge >= 0.3 is 0 Å². The summed E-state index contributed by atoms with van der Waals surface area (Å²) >= 11 is 0. The molecule has 0 saturated carbocycles. The third kappa shape index (κ3) is 3.35. The molecule has 0 radical (unpaired) electrons. The van der Waals surface area contributed by atoms with Crippen molar-refractivity contribution in [2.45, 2.75) is 39.2 Å². The van der Waals surface area contributed by atoms with Gasteiger partial charge in [-0.2, -0.15) is 0 Å². The van der Waals surface area contributed by atoms with Gasteiger partial charge in [-0.05, 0) is 30.0 Å². The molecule has 0 saturated heterocycles. The highest BCUT2D eigenvalue weighted by atomic mass is 16.2. The van der Waals surface area contributed by atoms with E-state index in [0.29, 0.717) is 12.3 Å². The molecule has 16 heavy (non-hydrogen) atoms. The first-order chi connectivity index (χ1) is 7.54. The minimum Gasteiger partial charge on any atom is -0.325 e. The molecule has 0 aliphatic rings. The molecule has 0 bridgehead atoms. The van der Waals surface area contributed by atoms with Gasteiger partial charge in [-0.3, -0.25) is 4.79 Å². The monoisotopic (exact) mass is 220 g/mol. The van der Waals surface area contributed by atoms with E-state index in [0.717, 1.165) is 5.69 Å². The van der Waals surface area contributed by atoms with Crippen LogP contribution in [0.25, 0.3) is 0 Å². The molecule has 1 amide bonds. The van der Waals surface area contributed by atoms with Crippen LogP contribution in [0.2, 0.25) is 0 Å². The SMILES string of the molecule is CC[C@@H](N)C(=O)Nc1ccc(C(C)C)cc1.